The monoisotopic (exact) mass is 473 g/mol. The number of hydrogen-bond donors (Lipinski definition) is 0. The molecular weight excluding hydrogens is 434 g/mol. The van der Waals surface area contributed by atoms with E-state index in [4.69, 9.17) is 0 Å². The van der Waals surface area contributed by atoms with Crippen molar-refractivity contribution >= 4 is 17.6 Å². The first-order valence-corrected chi connectivity index (χ1v) is 13.3. The van der Waals surface area contributed by atoms with Gasteiger partial charge in [-0.3, -0.25) is 9.69 Å². The summed E-state index contributed by atoms with van der Waals surface area (Å²) in [4.78, 5) is 32.0. The Hall–Kier alpha value is -2.82. The molecule has 0 atom stereocenters. The minimum Gasteiger partial charge on any atom is -0.345 e. The van der Waals surface area contributed by atoms with Gasteiger partial charge in [0.05, 0.1) is 12.1 Å². The first kappa shape index (κ1) is 23.9. The Labute approximate surface area is 210 Å². The molecule has 2 aliphatic carbocycles. The van der Waals surface area contributed by atoms with Gasteiger partial charge in [0.1, 0.15) is 0 Å². The van der Waals surface area contributed by atoms with Gasteiger partial charge < -0.3 is 9.80 Å². The highest BCUT2D eigenvalue weighted by Gasteiger charge is 2.54. The molecule has 1 saturated heterocycles. The van der Waals surface area contributed by atoms with Crippen LogP contribution in [0.25, 0.3) is 0 Å². The van der Waals surface area contributed by atoms with Crippen molar-refractivity contribution in [3.63, 3.8) is 0 Å². The van der Waals surface area contributed by atoms with E-state index in [0.29, 0.717) is 11.5 Å². The second-order valence-electron chi connectivity index (χ2n) is 11.2. The van der Waals surface area contributed by atoms with Gasteiger partial charge in [-0.1, -0.05) is 43.7 Å². The van der Waals surface area contributed by atoms with Gasteiger partial charge in [-0.05, 0) is 86.1 Å². The molecule has 1 aliphatic heterocycles. The zero-order valence-electron chi connectivity index (χ0n) is 21.5. The summed E-state index contributed by atoms with van der Waals surface area (Å²) in [6.45, 7) is 3.95. The summed E-state index contributed by atoms with van der Waals surface area (Å²) >= 11 is 0. The molecule has 2 aromatic rings. The van der Waals surface area contributed by atoms with Crippen molar-refractivity contribution in [1.82, 2.24) is 9.80 Å². The lowest BCUT2D eigenvalue weighted by Gasteiger charge is -2.49. The van der Waals surface area contributed by atoms with Crippen molar-refractivity contribution in [3.05, 3.63) is 65.7 Å². The van der Waals surface area contributed by atoms with E-state index in [2.05, 4.69) is 42.2 Å². The third-order valence-corrected chi connectivity index (χ3v) is 9.19. The van der Waals surface area contributed by atoms with Gasteiger partial charge in [0.15, 0.2) is 0 Å². The Bertz CT molecular complexity index is 1050. The van der Waals surface area contributed by atoms with Gasteiger partial charge in [0.25, 0.3) is 5.91 Å². The molecule has 35 heavy (non-hydrogen) atoms. The molecule has 0 radical (unpaired) electrons. The summed E-state index contributed by atoms with van der Waals surface area (Å²) in [5, 5.41) is 0. The van der Waals surface area contributed by atoms with E-state index >= 15 is 0 Å². The topological polar surface area (TPSA) is 43.9 Å². The van der Waals surface area contributed by atoms with E-state index in [-0.39, 0.29) is 22.9 Å². The van der Waals surface area contributed by atoms with E-state index in [1.165, 1.54) is 24.8 Å². The highest BCUT2D eigenvalue weighted by atomic mass is 16.2. The number of carbonyl (C=O) groups is 2. The zero-order chi connectivity index (χ0) is 24.6. The summed E-state index contributed by atoms with van der Waals surface area (Å²) in [5.41, 5.74) is 3.11. The molecule has 2 aromatic carbocycles. The quantitative estimate of drug-likeness (QED) is 0.509. The van der Waals surface area contributed by atoms with Crippen molar-refractivity contribution in [2.75, 3.05) is 32.1 Å². The van der Waals surface area contributed by atoms with Crippen LogP contribution in [0.3, 0.4) is 0 Å². The van der Waals surface area contributed by atoms with E-state index in [0.717, 1.165) is 50.9 Å². The molecule has 1 heterocycles. The number of urea groups is 1. The molecular formula is C30H39N3O2. The van der Waals surface area contributed by atoms with Gasteiger partial charge >= 0.3 is 6.03 Å². The molecule has 0 N–H and O–H groups in total. The zero-order valence-corrected chi connectivity index (χ0v) is 21.5. The van der Waals surface area contributed by atoms with Gasteiger partial charge in [-0.2, -0.15) is 0 Å². The average molecular weight is 474 g/mol. The number of benzene rings is 2. The lowest BCUT2D eigenvalue weighted by atomic mass is 9.62. The number of hydrogen-bond acceptors (Lipinski definition) is 2. The molecule has 186 valence electrons. The summed E-state index contributed by atoms with van der Waals surface area (Å²) in [6.07, 6.45) is 9.22. The second kappa shape index (κ2) is 9.33. The van der Waals surface area contributed by atoms with Crippen LogP contribution in [0.2, 0.25) is 0 Å². The van der Waals surface area contributed by atoms with Gasteiger partial charge in [0.2, 0.25) is 0 Å². The minimum absolute atomic E-state index is 0.0172. The lowest BCUT2D eigenvalue weighted by molar-refractivity contribution is 0.0648. The maximum atomic E-state index is 13.9. The van der Waals surface area contributed by atoms with Crippen molar-refractivity contribution < 1.29 is 9.59 Å². The number of carbonyl (C=O) groups excluding carboxylic acids is 2. The number of anilines is 1. The maximum Gasteiger partial charge on any atom is 0.325 e. The van der Waals surface area contributed by atoms with Crippen LogP contribution in [-0.2, 0) is 5.41 Å². The van der Waals surface area contributed by atoms with Gasteiger partial charge in [0, 0.05) is 31.9 Å². The van der Waals surface area contributed by atoms with Crippen LogP contribution in [-0.4, -0.2) is 54.5 Å². The molecule has 5 rings (SSSR count). The molecule has 0 unspecified atom stereocenters. The van der Waals surface area contributed by atoms with Crippen molar-refractivity contribution in [2.24, 2.45) is 5.92 Å². The predicted octanol–water partition coefficient (Wildman–Crippen LogP) is 6.09. The second-order valence-corrected chi connectivity index (χ2v) is 11.2. The number of nitrogens with zero attached hydrogens (tertiary/aromatic N) is 3. The fourth-order valence-electron chi connectivity index (χ4n) is 6.51. The molecule has 3 amide bonds. The Kier molecular flexibility index (Phi) is 6.37. The molecule has 0 aromatic heterocycles. The third-order valence-electron chi connectivity index (χ3n) is 9.19. The summed E-state index contributed by atoms with van der Waals surface area (Å²) in [5.74, 6) is 0.624. The summed E-state index contributed by atoms with van der Waals surface area (Å²) < 4.78 is 0. The van der Waals surface area contributed by atoms with Crippen LogP contribution in [0, 0.1) is 5.92 Å². The average Bonchev–Trinajstić information content (AvgIpc) is 3.13. The Morgan fingerprint density at radius 3 is 2.17 bits per heavy atom. The van der Waals surface area contributed by atoms with Crippen LogP contribution in [0.4, 0.5) is 10.5 Å². The van der Waals surface area contributed by atoms with Crippen LogP contribution < -0.4 is 4.90 Å². The lowest BCUT2D eigenvalue weighted by Crippen LogP contribution is -2.53. The van der Waals surface area contributed by atoms with E-state index in [9.17, 15) is 9.59 Å². The largest absolute Gasteiger partial charge is 0.345 e. The van der Waals surface area contributed by atoms with Crippen molar-refractivity contribution in [1.29, 1.82) is 0 Å². The van der Waals surface area contributed by atoms with Crippen LogP contribution in [0.1, 0.15) is 74.2 Å². The highest BCUT2D eigenvalue weighted by molar-refractivity contribution is 5.97. The minimum atomic E-state index is -0.0990. The predicted molar refractivity (Wildman–Crippen MR) is 141 cm³/mol. The molecule has 3 fully saturated rings. The molecule has 2 saturated carbocycles. The first-order chi connectivity index (χ1) is 16.9. The maximum absolute atomic E-state index is 13.9. The molecule has 1 spiro atoms. The van der Waals surface area contributed by atoms with E-state index in [1.54, 1.807) is 19.0 Å². The fourth-order valence-corrected chi connectivity index (χ4v) is 6.51. The molecule has 0 bridgehead atoms. The van der Waals surface area contributed by atoms with Crippen LogP contribution in [0.15, 0.2) is 54.6 Å². The third kappa shape index (κ3) is 4.23. The molecule has 3 aliphatic rings. The van der Waals surface area contributed by atoms with Crippen LogP contribution >= 0.6 is 0 Å². The summed E-state index contributed by atoms with van der Waals surface area (Å²) in [7, 11) is 3.52. The molecule has 5 nitrogen and oxygen atoms in total. The van der Waals surface area contributed by atoms with Gasteiger partial charge in [-0.25, -0.2) is 4.79 Å². The first-order valence-electron chi connectivity index (χ1n) is 13.3. The van der Waals surface area contributed by atoms with Gasteiger partial charge in [-0.15, -0.1) is 0 Å². The van der Waals surface area contributed by atoms with Crippen molar-refractivity contribution in [3.8, 4) is 0 Å². The van der Waals surface area contributed by atoms with Crippen LogP contribution in [0.5, 0.6) is 0 Å². The SMILES string of the molecule is CC[C@]1(c2ccccc2)CC[C@]2(CC1)CN(c1ccc(C(=O)N(C)C)cc1)C(=O)N2CC1CCC1. The van der Waals surface area contributed by atoms with E-state index < -0.39 is 0 Å². The fraction of sp³-hybridized carbons (Fsp3) is 0.533. The molecule has 5 heteroatoms. The standard InChI is InChI=1S/C30H39N3O2/c1-4-29(25-11-6-5-7-12-25)17-19-30(20-18-29)22-32(28(35)33(30)21-23-9-8-10-23)26-15-13-24(14-16-26)27(34)31(2)3/h5-7,11-16,23H,4,8-10,17-22H2,1-3H3/t29-,30-. The number of amides is 3. The Balaban J connectivity index is 1.40. The van der Waals surface area contributed by atoms with Crippen molar-refractivity contribution in [2.45, 2.75) is 69.2 Å². The normalized spacial score (nSPS) is 26.8. The highest BCUT2D eigenvalue weighted by Crippen LogP contribution is 2.50. The Morgan fingerprint density at radius 2 is 1.63 bits per heavy atom. The summed E-state index contributed by atoms with van der Waals surface area (Å²) in [6, 6.07) is 18.7. The van der Waals surface area contributed by atoms with E-state index in [1.807, 2.05) is 29.2 Å². The Morgan fingerprint density at radius 1 is 0.971 bits per heavy atom. The number of rotatable bonds is 6. The smallest absolute Gasteiger partial charge is 0.325 e.